The SMILES string of the molecule is Cc1ccc(S(=O)(=O)n2ccc3c(Nc4ccn[nH]4)nc(Cl)nc32)cc1. The van der Waals surface area contributed by atoms with Crippen molar-refractivity contribution in [3.8, 4) is 0 Å². The number of halogens is 1. The smallest absolute Gasteiger partial charge is 0.269 e. The molecule has 4 aromatic rings. The highest BCUT2D eigenvalue weighted by molar-refractivity contribution is 7.90. The van der Waals surface area contributed by atoms with Crippen LogP contribution in [0.15, 0.2) is 53.7 Å². The van der Waals surface area contributed by atoms with E-state index in [9.17, 15) is 8.42 Å². The van der Waals surface area contributed by atoms with E-state index in [1.54, 1.807) is 42.6 Å². The maximum atomic E-state index is 13.0. The molecule has 2 N–H and O–H groups in total. The number of aryl methyl sites for hydroxylation is 1. The number of hydrogen-bond acceptors (Lipinski definition) is 6. The molecule has 0 amide bonds. The highest BCUT2D eigenvalue weighted by Gasteiger charge is 2.22. The average molecular weight is 389 g/mol. The summed E-state index contributed by atoms with van der Waals surface area (Å²) in [7, 11) is -3.81. The summed E-state index contributed by atoms with van der Waals surface area (Å²) in [5.41, 5.74) is 1.16. The molecule has 1 aromatic carbocycles. The van der Waals surface area contributed by atoms with E-state index in [0.717, 1.165) is 9.54 Å². The number of rotatable bonds is 4. The van der Waals surface area contributed by atoms with Crippen molar-refractivity contribution in [3.63, 3.8) is 0 Å². The lowest BCUT2D eigenvalue weighted by atomic mass is 10.2. The van der Waals surface area contributed by atoms with Gasteiger partial charge in [0.25, 0.3) is 10.0 Å². The number of benzene rings is 1. The van der Waals surface area contributed by atoms with Gasteiger partial charge in [-0.1, -0.05) is 17.7 Å². The van der Waals surface area contributed by atoms with Crippen molar-refractivity contribution in [1.29, 1.82) is 0 Å². The van der Waals surface area contributed by atoms with Gasteiger partial charge in [-0.15, -0.1) is 0 Å². The number of anilines is 2. The van der Waals surface area contributed by atoms with E-state index in [-0.39, 0.29) is 15.8 Å². The van der Waals surface area contributed by atoms with Gasteiger partial charge in [-0.2, -0.15) is 15.1 Å². The molecule has 3 heterocycles. The zero-order chi connectivity index (χ0) is 18.3. The summed E-state index contributed by atoms with van der Waals surface area (Å²) < 4.78 is 27.1. The average Bonchev–Trinajstić information content (AvgIpc) is 3.25. The highest BCUT2D eigenvalue weighted by atomic mass is 35.5. The van der Waals surface area contributed by atoms with Gasteiger partial charge in [0.2, 0.25) is 5.28 Å². The van der Waals surface area contributed by atoms with Crippen molar-refractivity contribution >= 4 is 44.3 Å². The third kappa shape index (κ3) is 2.80. The second-order valence-corrected chi connectivity index (χ2v) is 7.76. The van der Waals surface area contributed by atoms with E-state index in [1.165, 1.54) is 6.20 Å². The summed E-state index contributed by atoms with van der Waals surface area (Å²) in [6.07, 6.45) is 3.01. The Morgan fingerprint density at radius 1 is 1.12 bits per heavy atom. The Morgan fingerprint density at radius 3 is 2.58 bits per heavy atom. The molecule has 0 bridgehead atoms. The molecule has 0 unspecified atom stereocenters. The fourth-order valence-electron chi connectivity index (χ4n) is 2.53. The van der Waals surface area contributed by atoms with E-state index in [2.05, 4.69) is 25.5 Å². The minimum absolute atomic E-state index is 0.0708. The zero-order valence-electron chi connectivity index (χ0n) is 13.5. The highest BCUT2D eigenvalue weighted by Crippen LogP contribution is 2.28. The first-order chi connectivity index (χ1) is 12.4. The Hall–Kier alpha value is -2.91. The van der Waals surface area contributed by atoms with Crippen LogP contribution in [0.25, 0.3) is 11.0 Å². The fourth-order valence-corrected chi connectivity index (χ4v) is 3.99. The first-order valence-electron chi connectivity index (χ1n) is 7.58. The number of nitrogens with one attached hydrogen (secondary N) is 2. The van der Waals surface area contributed by atoms with Crippen molar-refractivity contribution in [3.05, 3.63) is 59.6 Å². The van der Waals surface area contributed by atoms with E-state index in [0.29, 0.717) is 17.0 Å². The fraction of sp³-hybridized carbons (Fsp3) is 0.0625. The molecule has 0 aliphatic carbocycles. The van der Waals surface area contributed by atoms with Crippen LogP contribution < -0.4 is 5.32 Å². The number of hydrogen-bond donors (Lipinski definition) is 2. The van der Waals surface area contributed by atoms with Crippen LogP contribution in [0.5, 0.6) is 0 Å². The second kappa shape index (κ2) is 6.11. The third-order valence-corrected chi connectivity index (χ3v) is 5.66. The van der Waals surface area contributed by atoms with Crippen molar-refractivity contribution in [2.24, 2.45) is 0 Å². The van der Waals surface area contributed by atoms with Gasteiger partial charge in [0, 0.05) is 12.3 Å². The quantitative estimate of drug-likeness (QED) is 0.520. The van der Waals surface area contributed by atoms with Crippen LogP contribution in [0, 0.1) is 6.92 Å². The van der Waals surface area contributed by atoms with Crippen LogP contribution >= 0.6 is 11.6 Å². The van der Waals surface area contributed by atoms with Crippen LogP contribution in [0.1, 0.15) is 5.56 Å². The summed E-state index contributed by atoms with van der Waals surface area (Å²) >= 11 is 6.01. The van der Waals surface area contributed by atoms with Gasteiger partial charge in [0.05, 0.1) is 16.5 Å². The Kier molecular flexibility index (Phi) is 3.89. The number of nitrogens with zero attached hydrogens (tertiary/aromatic N) is 4. The molecule has 0 saturated heterocycles. The molecule has 0 aliphatic heterocycles. The van der Waals surface area contributed by atoms with Crippen LogP contribution in [-0.4, -0.2) is 32.6 Å². The van der Waals surface area contributed by atoms with E-state index >= 15 is 0 Å². The zero-order valence-corrected chi connectivity index (χ0v) is 15.1. The number of fused-ring (bicyclic) bond motifs is 1. The van der Waals surface area contributed by atoms with Gasteiger partial charge in [-0.3, -0.25) is 5.10 Å². The maximum Gasteiger partial charge on any atom is 0.269 e. The first kappa shape index (κ1) is 16.6. The molecule has 4 rings (SSSR count). The lowest BCUT2D eigenvalue weighted by Crippen LogP contribution is -2.12. The predicted octanol–water partition coefficient (Wildman–Crippen LogP) is 3.10. The molecular formula is C16H13ClN6O2S. The molecule has 132 valence electrons. The summed E-state index contributed by atoms with van der Waals surface area (Å²) in [5, 5.41) is 10.1. The monoisotopic (exact) mass is 388 g/mol. The van der Waals surface area contributed by atoms with Gasteiger partial charge in [-0.05, 0) is 36.7 Å². The molecule has 10 heteroatoms. The third-order valence-electron chi connectivity index (χ3n) is 3.82. The molecule has 0 fully saturated rings. The van der Waals surface area contributed by atoms with Crippen LogP contribution in [0.3, 0.4) is 0 Å². The summed E-state index contributed by atoms with van der Waals surface area (Å²) in [5.74, 6) is 0.970. The second-order valence-electron chi connectivity index (χ2n) is 5.60. The number of aromatic amines is 1. The van der Waals surface area contributed by atoms with Gasteiger partial charge in [0.1, 0.15) is 11.6 Å². The van der Waals surface area contributed by atoms with E-state index in [1.807, 2.05) is 6.92 Å². The lowest BCUT2D eigenvalue weighted by Gasteiger charge is -2.09. The van der Waals surface area contributed by atoms with Gasteiger partial charge < -0.3 is 5.32 Å². The lowest BCUT2D eigenvalue weighted by molar-refractivity contribution is 0.588. The Labute approximate surface area is 153 Å². The standard InChI is InChI=1S/C16H13ClN6O2S/c1-10-2-4-11(5-3-10)26(24,25)23-9-7-12-14(19-13-6-8-18-22-13)20-16(17)21-15(12)23/h2-9H,1H3,(H2,18,19,20,21,22). The molecule has 0 atom stereocenters. The maximum absolute atomic E-state index is 13.0. The molecule has 26 heavy (non-hydrogen) atoms. The van der Waals surface area contributed by atoms with Gasteiger partial charge in [0.15, 0.2) is 5.65 Å². The predicted molar refractivity (Wildman–Crippen MR) is 98.2 cm³/mol. The van der Waals surface area contributed by atoms with Crippen LogP contribution in [0.4, 0.5) is 11.6 Å². The minimum atomic E-state index is -3.81. The van der Waals surface area contributed by atoms with E-state index < -0.39 is 10.0 Å². The minimum Gasteiger partial charge on any atom is -0.325 e. The Morgan fingerprint density at radius 2 is 1.88 bits per heavy atom. The number of H-pyrrole nitrogens is 1. The molecule has 0 radical (unpaired) electrons. The topological polar surface area (TPSA) is 106 Å². The summed E-state index contributed by atoms with van der Waals surface area (Å²) in [4.78, 5) is 8.42. The summed E-state index contributed by atoms with van der Waals surface area (Å²) in [6.45, 7) is 1.89. The molecule has 0 saturated carbocycles. The number of aromatic nitrogens is 5. The van der Waals surface area contributed by atoms with Crippen molar-refractivity contribution in [2.45, 2.75) is 11.8 Å². The Bertz CT molecular complexity index is 1180. The van der Waals surface area contributed by atoms with Crippen LogP contribution in [-0.2, 0) is 10.0 Å². The first-order valence-corrected chi connectivity index (χ1v) is 9.40. The van der Waals surface area contributed by atoms with Gasteiger partial charge in [-0.25, -0.2) is 12.4 Å². The normalized spacial score (nSPS) is 11.8. The molecule has 0 spiro atoms. The van der Waals surface area contributed by atoms with Crippen molar-refractivity contribution < 1.29 is 8.42 Å². The van der Waals surface area contributed by atoms with Crippen LogP contribution in [0.2, 0.25) is 5.28 Å². The summed E-state index contributed by atoms with van der Waals surface area (Å²) in [6, 6.07) is 9.93. The Balaban J connectivity index is 1.87. The van der Waals surface area contributed by atoms with E-state index in [4.69, 9.17) is 11.6 Å². The molecule has 8 nitrogen and oxygen atoms in total. The molecule has 3 aromatic heterocycles. The largest absolute Gasteiger partial charge is 0.325 e. The van der Waals surface area contributed by atoms with Crippen molar-refractivity contribution in [1.82, 2.24) is 24.1 Å². The van der Waals surface area contributed by atoms with Crippen molar-refractivity contribution in [2.75, 3.05) is 5.32 Å². The molecule has 0 aliphatic rings. The van der Waals surface area contributed by atoms with Gasteiger partial charge >= 0.3 is 0 Å². The molecular weight excluding hydrogens is 376 g/mol.